The SMILES string of the molecule is O=C(CN1NS(=O)(=O)c2ccccc2C1=O)Nc1ccc(F)cc1Cl. The second kappa shape index (κ2) is 6.43. The molecule has 3 rings (SSSR count). The highest BCUT2D eigenvalue weighted by molar-refractivity contribution is 7.89. The Hall–Kier alpha value is -2.49. The molecule has 0 aromatic heterocycles. The van der Waals surface area contributed by atoms with Gasteiger partial charge < -0.3 is 5.32 Å². The van der Waals surface area contributed by atoms with Gasteiger partial charge in [-0.2, -0.15) is 0 Å². The third kappa shape index (κ3) is 3.48. The van der Waals surface area contributed by atoms with Gasteiger partial charge in [-0.05, 0) is 30.3 Å². The first-order valence-electron chi connectivity index (χ1n) is 6.96. The van der Waals surface area contributed by atoms with Crippen LogP contribution in [0, 0.1) is 5.82 Å². The van der Waals surface area contributed by atoms with Crippen LogP contribution in [0.1, 0.15) is 10.4 Å². The summed E-state index contributed by atoms with van der Waals surface area (Å²) in [5.74, 6) is -1.94. The van der Waals surface area contributed by atoms with Crippen LogP contribution in [-0.4, -0.2) is 31.8 Å². The first-order chi connectivity index (χ1) is 11.8. The second-order valence-electron chi connectivity index (χ2n) is 5.15. The monoisotopic (exact) mass is 383 g/mol. The Bertz CT molecular complexity index is 980. The second-order valence-corrected chi connectivity index (χ2v) is 7.19. The molecule has 130 valence electrons. The molecule has 2 amide bonds. The number of hydrogen-bond donors (Lipinski definition) is 2. The molecule has 0 unspecified atom stereocenters. The summed E-state index contributed by atoms with van der Waals surface area (Å²) in [7, 11) is -3.96. The summed E-state index contributed by atoms with van der Waals surface area (Å²) in [6.07, 6.45) is 0. The van der Waals surface area contributed by atoms with Gasteiger partial charge in [-0.1, -0.05) is 23.7 Å². The topological polar surface area (TPSA) is 95.6 Å². The molecule has 0 bridgehead atoms. The zero-order valence-corrected chi connectivity index (χ0v) is 14.1. The molecule has 0 saturated heterocycles. The minimum atomic E-state index is -3.96. The number of benzene rings is 2. The summed E-state index contributed by atoms with van der Waals surface area (Å²) >= 11 is 5.81. The number of hydrazine groups is 1. The number of fused-ring (bicyclic) bond motifs is 1. The Morgan fingerprint density at radius 3 is 2.68 bits per heavy atom. The van der Waals surface area contributed by atoms with Gasteiger partial charge >= 0.3 is 0 Å². The fourth-order valence-corrected chi connectivity index (χ4v) is 3.74. The molecule has 10 heteroatoms. The van der Waals surface area contributed by atoms with Crippen LogP contribution in [0.5, 0.6) is 0 Å². The van der Waals surface area contributed by atoms with E-state index in [-0.39, 0.29) is 21.2 Å². The molecule has 2 aromatic carbocycles. The molecular weight excluding hydrogens is 373 g/mol. The van der Waals surface area contributed by atoms with Crippen LogP contribution in [-0.2, 0) is 14.8 Å². The van der Waals surface area contributed by atoms with Gasteiger partial charge in [0.05, 0.1) is 21.2 Å². The highest BCUT2D eigenvalue weighted by atomic mass is 35.5. The van der Waals surface area contributed by atoms with Crippen molar-refractivity contribution in [1.29, 1.82) is 0 Å². The number of rotatable bonds is 3. The molecule has 0 saturated carbocycles. The van der Waals surface area contributed by atoms with Gasteiger partial charge in [-0.3, -0.25) is 14.6 Å². The normalized spacial score (nSPS) is 15.6. The summed E-state index contributed by atoms with van der Waals surface area (Å²) in [5, 5.41) is 3.05. The molecule has 1 aliphatic rings. The van der Waals surface area contributed by atoms with Crippen molar-refractivity contribution in [3.05, 3.63) is 58.9 Å². The highest BCUT2D eigenvalue weighted by Gasteiger charge is 2.34. The lowest BCUT2D eigenvalue weighted by Crippen LogP contribution is -2.53. The zero-order valence-electron chi connectivity index (χ0n) is 12.5. The average molecular weight is 384 g/mol. The third-order valence-electron chi connectivity index (χ3n) is 3.39. The maximum absolute atomic E-state index is 13.0. The van der Waals surface area contributed by atoms with Crippen LogP contribution < -0.4 is 10.1 Å². The summed E-state index contributed by atoms with van der Waals surface area (Å²) in [6, 6.07) is 9.04. The van der Waals surface area contributed by atoms with Gasteiger partial charge in [0.2, 0.25) is 5.91 Å². The van der Waals surface area contributed by atoms with Gasteiger partial charge in [0.25, 0.3) is 15.9 Å². The number of nitrogens with zero attached hydrogens (tertiary/aromatic N) is 1. The maximum atomic E-state index is 13.0. The fourth-order valence-electron chi connectivity index (χ4n) is 2.29. The average Bonchev–Trinajstić information content (AvgIpc) is 2.55. The zero-order chi connectivity index (χ0) is 18.2. The number of carbonyl (C=O) groups excluding carboxylic acids is 2. The molecule has 1 heterocycles. The molecular formula is C15H11ClFN3O4S. The van der Waals surface area contributed by atoms with E-state index in [0.29, 0.717) is 5.01 Å². The largest absolute Gasteiger partial charge is 0.323 e. The van der Waals surface area contributed by atoms with Gasteiger partial charge in [0.1, 0.15) is 12.4 Å². The predicted molar refractivity (Wildman–Crippen MR) is 87.8 cm³/mol. The number of anilines is 1. The summed E-state index contributed by atoms with van der Waals surface area (Å²) in [5.41, 5.74) is 0.106. The third-order valence-corrected chi connectivity index (χ3v) is 5.10. The van der Waals surface area contributed by atoms with E-state index in [2.05, 4.69) is 5.32 Å². The first kappa shape index (κ1) is 17.3. The Morgan fingerprint density at radius 1 is 1.24 bits per heavy atom. The minimum Gasteiger partial charge on any atom is -0.323 e. The molecule has 0 aliphatic carbocycles. The quantitative estimate of drug-likeness (QED) is 0.844. The first-order valence-corrected chi connectivity index (χ1v) is 8.82. The van der Waals surface area contributed by atoms with Gasteiger partial charge in [-0.15, -0.1) is 4.83 Å². The van der Waals surface area contributed by atoms with Crippen molar-refractivity contribution < 1.29 is 22.4 Å². The van der Waals surface area contributed by atoms with E-state index < -0.39 is 34.2 Å². The lowest BCUT2D eigenvalue weighted by molar-refractivity contribution is -0.117. The van der Waals surface area contributed by atoms with Crippen LogP contribution in [0.3, 0.4) is 0 Å². The van der Waals surface area contributed by atoms with Gasteiger partial charge in [-0.25, -0.2) is 12.8 Å². The predicted octanol–water partition coefficient (Wildman–Crippen LogP) is 1.77. The molecule has 1 aliphatic heterocycles. The van der Waals surface area contributed by atoms with Crippen LogP contribution in [0.15, 0.2) is 47.4 Å². The number of sulfonamides is 1. The summed E-state index contributed by atoms with van der Waals surface area (Å²) < 4.78 is 37.3. The van der Waals surface area contributed by atoms with Gasteiger partial charge in [0, 0.05) is 0 Å². The Morgan fingerprint density at radius 2 is 1.96 bits per heavy atom. The van der Waals surface area contributed by atoms with Crippen molar-refractivity contribution >= 4 is 39.1 Å². The fraction of sp³-hybridized carbons (Fsp3) is 0.0667. The Labute approximate surface area is 147 Å². The Kier molecular flexibility index (Phi) is 4.46. The van der Waals surface area contributed by atoms with Crippen molar-refractivity contribution in [2.45, 2.75) is 4.90 Å². The van der Waals surface area contributed by atoms with Crippen molar-refractivity contribution in [1.82, 2.24) is 9.84 Å². The van der Waals surface area contributed by atoms with E-state index in [9.17, 15) is 22.4 Å². The summed E-state index contributed by atoms with van der Waals surface area (Å²) in [4.78, 5) is 26.3. The summed E-state index contributed by atoms with van der Waals surface area (Å²) in [6.45, 7) is -0.583. The van der Waals surface area contributed by atoms with E-state index in [1.807, 2.05) is 4.83 Å². The minimum absolute atomic E-state index is 0.0238. The van der Waals surface area contributed by atoms with E-state index in [0.717, 1.165) is 12.1 Å². The smallest absolute Gasteiger partial charge is 0.270 e. The molecule has 0 radical (unpaired) electrons. The van der Waals surface area contributed by atoms with Crippen molar-refractivity contribution in [2.24, 2.45) is 0 Å². The number of carbonyl (C=O) groups is 2. The van der Waals surface area contributed by atoms with E-state index in [1.54, 1.807) is 0 Å². The molecule has 25 heavy (non-hydrogen) atoms. The van der Waals surface area contributed by atoms with Crippen LogP contribution in [0.25, 0.3) is 0 Å². The number of nitrogens with one attached hydrogen (secondary N) is 2. The van der Waals surface area contributed by atoms with Crippen LogP contribution >= 0.6 is 11.6 Å². The lowest BCUT2D eigenvalue weighted by atomic mass is 10.2. The van der Waals surface area contributed by atoms with Crippen molar-refractivity contribution in [2.75, 3.05) is 11.9 Å². The highest BCUT2D eigenvalue weighted by Crippen LogP contribution is 2.24. The van der Waals surface area contributed by atoms with Crippen molar-refractivity contribution in [3.63, 3.8) is 0 Å². The van der Waals surface area contributed by atoms with E-state index >= 15 is 0 Å². The molecule has 0 atom stereocenters. The van der Waals surface area contributed by atoms with Crippen LogP contribution in [0.4, 0.5) is 10.1 Å². The van der Waals surface area contributed by atoms with Crippen molar-refractivity contribution in [3.8, 4) is 0 Å². The molecule has 2 N–H and O–H groups in total. The van der Waals surface area contributed by atoms with Crippen LogP contribution in [0.2, 0.25) is 5.02 Å². The standard InChI is InChI=1S/C15H11ClFN3O4S/c16-11-7-9(17)5-6-12(11)18-14(21)8-20-15(22)10-3-1-2-4-13(10)25(23,24)19-20/h1-7,19H,8H2,(H,18,21). The van der Waals surface area contributed by atoms with Gasteiger partial charge in [0.15, 0.2) is 0 Å². The number of halogens is 2. The van der Waals surface area contributed by atoms with E-state index in [1.165, 1.54) is 30.3 Å². The number of amides is 2. The maximum Gasteiger partial charge on any atom is 0.270 e. The molecule has 2 aromatic rings. The molecule has 0 spiro atoms. The van der Waals surface area contributed by atoms with E-state index in [4.69, 9.17) is 11.6 Å². The molecule has 7 nitrogen and oxygen atoms in total. The number of hydrogen-bond acceptors (Lipinski definition) is 4. The molecule has 0 fully saturated rings. The lowest BCUT2D eigenvalue weighted by Gasteiger charge is -2.28. The Balaban J connectivity index is 1.79.